The van der Waals surface area contributed by atoms with Crippen LogP contribution in [0.5, 0.6) is 0 Å². The molecule has 5 heteroatoms. The summed E-state index contributed by atoms with van der Waals surface area (Å²) in [5.74, 6) is 0.139. The van der Waals surface area contributed by atoms with Crippen LogP contribution in [-0.4, -0.2) is 15.7 Å². The van der Waals surface area contributed by atoms with Gasteiger partial charge in [-0.15, -0.1) is 11.3 Å². The van der Waals surface area contributed by atoms with Gasteiger partial charge in [-0.05, 0) is 37.1 Å². The van der Waals surface area contributed by atoms with E-state index in [1.54, 1.807) is 11.3 Å². The maximum atomic E-state index is 12.1. The highest BCUT2D eigenvalue weighted by atomic mass is 32.1. The Balaban J connectivity index is 1.59. The molecule has 0 saturated heterocycles. The molecule has 1 atom stereocenters. The fourth-order valence-corrected chi connectivity index (χ4v) is 3.52. The highest BCUT2D eigenvalue weighted by molar-refractivity contribution is 7.09. The van der Waals surface area contributed by atoms with Crippen LogP contribution >= 0.6 is 11.3 Å². The van der Waals surface area contributed by atoms with E-state index in [1.165, 1.54) is 16.1 Å². The van der Waals surface area contributed by atoms with Crippen LogP contribution in [-0.2, 0) is 24.7 Å². The van der Waals surface area contributed by atoms with E-state index >= 15 is 0 Å². The molecule has 0 fully saturated rings. The van der Waals surface area contributed by atoms with E-state index in [1.807, 2.05) is 24.0 Å². The van der Waals surface area contributed by atoms with Crippen molar-refractivity contribution < 1.29 is 4.79 Å². The minimum atomic E-state index is 0.139. The zero-order valence-corrected chi connectivity index (χ0v) is 12.4. The second kappa shape index (κ2) is 5.79. The molecule has 106 valence electrons. The molecule has 1 N–H and O–H groups in total. The van der Waals surface area contributed by atoms with E-state index in [9.17, 15) is 4.79 Å². The lowest BCUT2D eigenvalue weighted by Gasteiger charge is -2.23. The molecule has 0 saturated carbocycles. The van der Waals surface area contributed by atoms with Gasteiger partial charge in [-0.25, -0.2) is 0 Å². The van der Waals surface area contributed by atoms with Crippen LogP contribution < -0.4 is 5.32 Å². The Morgan fingerprint density at radius 2 is 2.50 bits per heavy atom. The van der Waals surface area contributed by atoms with Crippen LogP contribution in [0.15, 0.2) is 23.7 Å². The average Bonchev–Trinajstić information content (AvgIpc) is 3.08. The van der Waals surface area contributed by atoms with E-state index in [2.05, 4.69) is 21.9 Å². The van der Waals surface area contributed by atoms with Gasteiger partial charge in [0, 0.05) is 29.6 Å². The fourth-order valence-electron chi connectivity index (χ4n) is 2.81. The lowest BCUT2D eigenvalue weighted by Crippen LogP contribution is -2.31. The van der Waals surface area contributed by atoms with Gasteiger partial charge < -0.3 is 5.32 Å². The van der Waals surface area contributed by atoms with Crippen LogP contribution in [0.25, 0.3) is 0 Å². The molecule has 0 aromatic carbocycles. The van der Waals surface area contributed by atoms with Crippen molar-refractivity contribution in [1.29, 1.82) is 0 Å². The van der Waals surface area contributed by atoms with Gasteiger partial charge in [0.2, 0.25) is 5.91 Å². The highest BCUT2D eigenvalue weighted by Gasteiger charge is 2.24. The van der Waals surface area contributed by atoms with Crippen molar-refractivity contribution in [3.8, 4) is 0 Å². The number of nitrogens with one attached hydrogen (secondary N) is 1. The minimum absolute atomic E-state index is 0.139. The van der Waals surface area contributed by atoms with Crippen molar-refractivity contribution in [2.75, 3.05) is 0 Å². The van der Waals surface area contributed by atoms with E-state index in [0.29, 0.717) is 6.42 Å². The summed E-state index contributed by atoms with van der Waals surface area (Å²) in [6, 6.07) is 4.25. The summed E-state index contributed by atoms with van der Waals surface area (Å²) in [7, 11) is 1.97. The molecule has 1 amide bonds. The second-order valence-electron chi connectivity index (χ2n) is 5.26. The number of aromatic nitrogens is 2. The molecule has 0 bridgehead atoms. The maximum absolute atomic E-state index is 12.1. The Morgan fingerprint density at radius 1 is 1.60 bits per heavy atom. The third kappa shape index (κ3) is 2.77. The van der Waals surface area contributed by atoms with Crippen LogP contribution in [0.3, 0.4) is 0 Å². The first-order valence-corrected chi connectivity index (χ1v) is 7.94. The van der Waals surface area contributed by atoms with Crippen molar-refractivity contribution in [3.63, 3.8) is 0 Å². The first-order chi connectivity index (χ1) is 9.74. The van der Waals surface area contributed by atoms with Crippen molar-refractivity contribution in [2.24, 2.45) is 7.05 Å². The SMILES string of the molecule is Cn1ncc2c1CCC[C@H]2NC(=O)CCc1cccs1. The number of fused-ring (bicyclic) bond motifs is 1. The molecule has 20 heavy (non-hydrogen) atoms. The number of amides is 1. The zero-order chi connectivity index (χ0) is 13.9. The molecule has 1 aliphatic rings. The predicted molar refractivity (Wildman–Crippen MR) is 79.7 cm³/mol. The van der Waals surface area contributed by atoms with Gasteiger partial charge >= 0.3 is 0 Å². The molecule has 0 unspecified atom stereocenters. The smallest absolute Gasteiger partial charge is 0.220 e. The number of hydrogen-bond acceptors (Lipinski definition) is 3. The summed E-state index contributed by atoms with van der Waals surface area (Å²) < 4.78 is 1.93. The van der Waals surface area contributed by atoms with E-state index in [0.717, 1.165) is 25.7 Å². The Kier molecular flexibility index (Phi) is 3.87. The molecule has 0 spiro atoms. The number of nitrogens with zero attached hydrogens (tertiary/aromatic N) is 2. The molecular weight excluding hydrogens is 270 g/mol. The second-order valence-corrected chi connectivity index (χ2v) is 6.29. The summed E-state index contributed by atoms with van der Waals surface area (Å²) in [6.45, 7) is 0. The molecule has 2 heterocycles. The van der Waals surface area contributed by atoms with E-state index < -0.39 is 0 Å². The van der Waals surface area contributed by atoms with Crippen molar-refractivity contribution in [1.82, 2.24) is 15.1 Å². The fraction of sp³-hybridized carbons (Fsp3) is 0.467. The Morgan fingerprint density at radius 3 is 3.30 bits per heavy atom. The van der Waals surface area contributed by atoms with Gasteiger partial charge in [-0.1, -0.05) is 6.07 Å². The third-order valence-corrected chi connectivity index (χ3v) is 4.83. The highest BCUT2D eigenvalue weighted by Crippen LogP contribution is 2.29. The Hall–Kier alpha value is -1.62. The Labute approximate surface area is 122 Å². The molecule has 0 radical (unpaired) electrons. The molecule has 1 aliphatic carbocycles. The first-order valence-electron chi connectivity index (χ1n) is 7.06. The zero-order valence-electron chi connectivity index (χ0n) is 11.6. The monoisotopic (exact) mass is 289 g/mol. The van der Waals surface area contributed by atoms with Gasteiger partial charge in [-0.2, -0.15) is 5.10 Å². The number of hydrogen-bond donors (Lipinski definition) is 1. The van der Waals surface area contributed by atoms with E-state index in [-0.39, 0.29) is 11.9 Å². The van der Waals surface area contributed by atoms with Gasteiger partial charge in [-0.3, -0.25) is 9.48 Å². The molecular formula is C15H19N3OS. The van der Waals surface area contributed by atoms with Crippen molar-refractivity contribution in [3.05, 3.63) is 39.8 Å². The van der Waals surface area contributed by atoms with Crippen molar-refractivity contribution >= 4 is 17.2 Å². The maximum Gasteiger partial charge on any atom is 0.220 e. The van der Waals surface area contributed by atoms with Crippen LogP contribution in [0.1, 0.15) is 41.4 Å². The lowest BCUT2D eigenvalue weighted by molar-refractivity contribution is -0.121. The summed E-state index contributed by atoms with van der Waals surface area (Å²) in [6.07, 6.45) is 6.49. The van der Waals surface area contributed by atoms with Crippen LogP contribution in [0.4, 0.5) is 0 Å². The first kappa shape index (κ1) is 13.4. The van der Waals surface area contributed by atoms with Gasteiger partial charge in [0.25, 0.3) is 0 Å². The topological polar surface area (TPSA) is 46.9 Å². The quantitative estimate of drug-likeness (QED) is 0.940. The lowest BCUT2D eigenvalue weighted by atomic mass is 9.93. The molecule has 3 rings (SSSR count). The largest absolute Gasteiger partial charge is 0.349 e. The van der Waals surface area contributed by atoms with Crippen LogP contribution in [0.2, 0.25) is 0 Å². The van der Waals surface area contributed by atoms with Gasteiger partial charge in [0.05, 0.1) is 12.2 Å². The van der Waals surface area contributed by atoms with Gasteiger partial charge in [0.1, 0.15) is 0 Å². The summed E-state index contributed by atoms with van der Waals surface area (Å²) >= 11 is 1.71. The molecule has 2 aromatic heterocycles. The van der Waals surface area contributed by atoms with Crippen molar-refractivity contribution in [2.45, 2.75) is 38.1 Å². The minimum Gasteiger partial charge on any atom is -0.349 e. The molecule has 2 aromatic rings. The number of carbonyl (C=O) groups excluding carboxylic acids is 1. The number of aryl methyl sites for hydroxylation is 2. The molecule has 0 aliphatic heterocycles. The average molecular weight is 289 g/mol. The number of thiophene rings is 1. The normalized spacial score (nSPS) is 17.8. The number of carbonyl (C=O) groups is 1. The predicted octanol–water partition coefficient (Wildman–Crippen LogP) is 2.61. The summed E-state index contributed by atoms with van der Waals surface area (Å²) in [5.41, 5.74) is 2.46. The third-order valence-electron chi connectivity index (χ3n) is 3.89. The van der Waals surface area contributed by atoms with Crippen LogP contribution in [0, 0.1) is 0 Å². The standard InChI is InChI=1S/C15H19N3OS/c1-18-14-6-2-5-13(12(14)10-16-18)17-15(19)8-7-11-4-3-9-20-11/h3-4,9-10,13H,2,5-8H2,1H3,(H,17,19)/t13-/m1/s1. The van der Waals surface area contributed by atoms with Gasteiger partial charge in [0.15, 0.2) is 0 Å². The summed E-state index contributed by atoms with van der Waals surface area (Å²) in [5, 5.41) is 9.52. The van der Waals surface area contributed by atoms with E-state index in [4.69, 9.17) is 0 Å². The number of rotatable bonds is 4. The Bertz CT molecular complexity index is 588. The summed E-state index contributed by atoms with van der Waals surface area (Å²) in [4.78, 5) is 13.4. The molecule has 4 nitrogen and oxygen atoms in total.